The second-order valence-electron chi connectivity index (χ2n) is 8.61. The molecule has 1 fully saturated rings. The zero-order chi connectivity index (χ0) is 20.1. The fraction of sp³-hybridized carbons (Fsp3) is 0.417. The first kappa shape index (κ1) is 20.1. The molecule has 28 heavy (non-hydrogen) atoms. The van der Waals surface area contributed by atoms with Gasteiger partial charge in [0, 0.05) is 6.42 Å². The fourth-order valence-electron chi connectivity index (χ4n) is 3.69. The van der Waals surface area contributed by atoms with Gasteiger partial charge in [0.2, 0.25) is 0 Å². The summed E-state index contributed by atoms with van der Waals surface area (Å²) < 4.78 is 0. The molecular weight excluding hydrogens is 348 g/mol. The third-order valence-electron chi connectivity index (χ3n) is 5.48. The Bertz CT molecular complexity index is 931. The molecule has 0 atom stereocenters. The second kappa shape index (κ2) is 8.59. The fourth-order valence-corrected chi connectivity index (χ4v) is 3.69. The Labute approximate surface area is 167 Å². The standard InChI is InChI=1S/C16H14N2O2.C8H16/c1-10-2-4-11(5-3-10)8-15-17-13-7-6-12(16(19)20)9-14(13)18-15;1-8(2)6-4-3-5-7-8/h2-7,9H,8H2,1H3,(H,17,18)(H,19,20);3-7H2,1-2H3. The van der Waals surface area contributed by atoms with Crippen molar-refractivity contribution >= 4 is 17.0 Å². The van der Waals surface area contributed by atoms with Crippen molar-refractivity contribution in [3.63, 3.8) is 0 Å². The number of hydrogen-bond donors (Lipinski definition) is 2. The number of carboxylic acid groups (broad SMARTS) is 1. The predicted molar refractivity (Wildman–Crippen MR) is 114 cm³/mol. The topological polar surface area (TPSA) is 66.0 Å². The highest BCUT2D eigenvalue weighted by atomic mass is 16.4. The van der Waals surface area contributed by atoms with E-state index in [0.717, 1.165) is 16.9 Å². The van der Waals surface area contributed by atoms with Gasteiger partial charge in [-0.25, -0.2) is 9.78 Å². The maximum atomic E-state index is 10.9. The molecule has 0 bridgehead atoms. The molecule has 1 aliphatic carbocycles. The van der Waals surface area contributed by atoms with Gasteiger partial charge >= 0.3 is 5.97 Å². The molecule has 148 valence electrons. The van der Waals surface area contributed by atoms with Crippen molar-refractivity contribution in [2.24, 2.45) is 5.41 Å². The Morgan fingerprint density at radius 2 is 1.75 bits per heavy atom. The third-order valence-corrected chi connectivity index (χ3v) is 5.48. The van der Waals surface area contributed by atoms with Crippen LogP contribution >= 0.6 is 0 Å². The van der Waals surface area contributed by atoms with Crippen LogP contribution in [0, 0.1) is 12.3 Å². The minimum absolute atomic E-state index is 0.267. The van der Waals surface area contributed by atoms with Gasteiger partial charge in [0.15, 0.2) is 0 Å². The molecule has 1 saturated carbocycles. The molecule has 0 spiro atoms. The van der Waals surface area contributed by atoms with E-state index in [1.54, 1.807) is 18.2 Å². The van der Waals surface area contributed by atoms with Gasteiger partial charge in [0.1, 0.15) is 5.82 Å². The lowest BCUT2D eigenvalue weighted by Gasteiger charge is -2.28. The molecule has 0 aliphatic heterocycles. The first-order valence-corrected chi connectivity index (χ1v) is 10.1. The first-order chi connectivity index (χ1) is 13.3. The van der Waals surface area contributed by atoms with E-state index in [0.29, 0.717) is 11.8 Å². The van der Waals surface area contributed by atoms with Gasteiger partial charge in [-0.05, 0) is 48.9 Å². The summed E-state index contributed by atoms with van der Waals surface area (Å²) in [6.07, 6.45) is 8.01. The van der Waals surface area contributed by atoms with Crippen molar-refractivity contribution in [1.82, 2.24) is 9.97 Å². The van der Waals surface area contributed by atoms with Gasteiger partial charge in [-0.2, -0.15) is 0 Å². The van der Waals surface area contributed by atoms with E-state index in [1.165, 1.54) is 43.2 Å². The lowest BCUT2D eigenvalue weighted by Crippen LogP contribution is -2.14. The molecule has 2 N–H and O–H groups in total. The van der Waals surface area contributed by atoms with Gasteiger partial charge in [-0.15, -0.1) is 0 Å². The molecule has 2 aromatic carbocycles. The molecule has 1 aliphatic rings. The van der Waals surface area contributed by atoms with Crippen LogP contribution in [0.25, 0.3) is 11.0 Å². The molecule has 0 radical (unpaired) electrons. The Balaban J connectivity index is 0.000000236. The highest BCUT2D eigenvalue weighted by Crippen LogP contribution is 2.34. The minimum atomic E-state index is -0.929. The van der Waals surface area contributed by atoms with E-state index in [4.69, 9.17) is 5.11 Å². The van der Waals surface area contributed by atoms with Crippen LogP contribution in [-0.4, -0.2) is 21.0 Å². The van der Waals surface area contributed by atoms with Crippen LogP contribution in [0.15, 0.2) is 42.5 Å². The summed E-state index contributed by atoms with van der Waals surface area (Å²) in [5.74, 6) is -0.0898. The van der Waals surface area contributed by atoms with Crippen molar-refractivity contribution in [2.45, 2.75) is 59.3 Å². The van der Waals surface area contributed by atoms with Crippen molar-refractivity contribution < 1.29 is 9.90 Å². The second-order valence-corrected chi connectivity index (χ2v) is 8.61. The Morgan fingerprint density at radius 1 is 1.07 bits per heavy atom. The lowest BCUT2D eigenvalue weighted by molar-refractivity contribution is 0.0697. The number of nitrogens with one attached hydrogen (secondary N) is 1. The summed E-state index contributed by atoms with van der Waals surface area (Å²) in [5, 5.41) is 8.98. The molecule has 0 amide bonds. The number of nitrogens with zero attached hydrogens (tertiary/aromatic N) is 1. The number of aromatic nitrogens is 2. The van der Waals surface area contributed by atoms with Crippen molar-refractivity contribution in [1.29, 1.82) is 0 Å². The predicted octanol–water partition coefficient (Wildman–Crippen LogP) is 6.14. The smallest absolute Gasteiger partial charge is 0.335 e. The van der Waals surface area contributed by atoms with Crippen LogP contribution in [0.4, 0.5) is 0 Å². The number of H-pyrrole nitrogens is 1. The third kappa shape index (κ3) is 5.44. The SMILES string of the molecule is CC1(C)CCCCC1.Cc1ccc(Cc2nc3ccc(C(=O)O)cc3[nH]2)cc1. The largest absolute Gasteiger partial charge is 0.478 e. The van der Waals surface area contributed by atoms with Crippen molar-refractivity contribution in [3.8, 4) is 0 Å². The van der Waals surface area contributed by atoms with Crippen LogP contribution in [-0.2, 0) is 6.42 Å². The number of carbonyl (C=O) groups is 1. The van der Waals surface area contributed by atoms with Gasteiger partial charge in [0.25, 0.3) is 0 Å². The average Bonchev–Trinajstić information content (AvgIpc) is 3.05. The monoisotopic (exact) mass is 378 g/mol. The lowest BCUT2D eigenvalue weighted by atomic mass is 9.78. The summed E-state index contributed by atoms with van der Waals surface area (Å²) in [4.78, 5) is 18.6. The summed E-state index contributed by atoms with van der Waals surface area (Å²) in [5.41, 5.74) is 4.89. The molecule has 0 saturated heterocycles. The number of fused-ring (bicyclic) bond motifs is 1. The van der Waals surface area contributed by atoms with E-state index in [9.17, 15) is 4.79 Å². The molecular formula is C24H30N2O2. The van der Waals surface area contributed by atoms with E-state index in [1.807, 2.05) is 0 Å². The zero-order valence-electron chi connectivity index (χ0n) is 17.1. The van der Waals surface area contributed by atoms with Gasteiger partial charge in [-0.3, -0.25) is 0 Å². The van der Waals surface area contributed by atoms with Gasteiger partial charge in [-0.1, -0.05) is 62.9 Å². The summed E-state index contributed by atoms with van der Waals surface area (Å²) in [6.45, 7) is 6.82. The number of aromatic amines is 1. The van der Waals surface area contributed by atoms with E-state index in [-0.39, 0.29) is 5.56 Å². The van der Waals surface area contributed by atoms with Gasteiger partial charge in [0.05, 0.1) is 16.6 Å². The molecule has 4 nitrogen and oxygen atoms in total. The summed E-state index contributed by atoms with van der Waals surface area (Å²) in [6, 6.07) is 13.2. The Morgan fingerprint density at radius 3 is 2.32 bits per heavy atom. The Hall–Kier alpha value is -2.62. The van der Waals surface area contributed by atoms with E-state index < -0.39 is 5.97 Å². The normalized spacial score (nSPS) is 15.7. The summed E-state index contributed by atoms with van der Waals surface area (Å²) in [7, 11) is 0. The minimum Gasteiger partial charge on any atom is -0.478 e. The molecule has 1 aromatic heterocycles. The van der Waals surface area contributed by atoms with Crippen LogP contribution in [0.5, 0.6) is 0 Å². The molecule has 3 aromatic rings. The van der Waals surface area contributed by atoms with E-state index in [2.05, 4.69) is 55.0 Å². The number of benzene rings is 2. The highest BCUT2D eigenvalue weighted by Gasteiger charge is 2.19. The Kier molecular flexibility index (Phi) is 6.18. The number of hydrogen-bond acceptors (Lipinski definition) is 2. The van der Waals surface area contributed by atoms with Crippen LogP contribution < -0.4 is 0 Å². The summed E-state index contributed by atoms with van der Waals surface area (Å²) >= 11 is 0. The maximum Gasteiger partial charge on any atom is 0.335 e. The molecule has 0 unspecified atom stereocenters. The number of carboxylic acids is 1. The number of imidazole rings is 1. The van der Waals surface area contributed by atoms with E-state index >= 15 is 0 Å². The quantitative estimate of drug-likeness (QED) is 0.575. The number of aryl methyl sites for hydroxylation is 1. The first-order valence-electron chi connectivity index (χ1n) is 10.1. The van der Waals surface area contributed by atoms with Crippen LogP contribution in [0.2, 0.25) is 0 Å². The maximum absolute atomic E-state index is 10.9. The van der Waals surface area contributed by atoms with Gasteiger partial charge < -0.3 is 10.1 Å². The van der Waals surface area contributed by atoms with Crippen LogP contribution in [0.3, 0.4) is 0 Å². The van der Waals surface area contributed by atoms with Crippen LogP contribution in [0.1, 0.15) is 73.3 Å². The number of rotatable bonds is 3. The molecule has 4 rings (SSSR count). The van der Waals surface area contributed by atoms with Crippen molar-refractivity contribution in [3.05, 3.63) is 65.0 Å². The highest BCUT2D eigenvalue weighted by molar-refractivity contribution is 5.92. The molecule has 4 heteroatoms. The average molecular weight is 379 g/mol. The molecule has 1 heterocycles. The zero-order valence-corrected chi connectivity index (χ0v) is 17.1. The number of aromatic carboxylic acids is 1. The van der Waals surface area contributed by atoms with Crippen molar-refractivity contribution in [2.75, 3.05) is 0 Å².